The standard InChI is InChI=1S/C23H31N3.C2H2O4/c1-24-14-12-22(13-15-24)25-16-18-26(19-17-25)23(20-8-4-2-5-9-20)21-10-6-3-7-11-21;3-1(4)2(5)6/h2-11,22-23H,12-19H2,1H3;(H,3,4)(H,5,6). The topological polar surface area (TPSA) is 84.3 Å². The molecule has 0 bridgehead atoms. The summed E-state index contributed by atoms with van der Waals surface area (Å²) in [6, 6.07) is 23.2. The van der Waals surface area contributed by atoms with E-state index in [2.05, 4.69) is 82.4 Å². The largest absolute Gasteiger partial charge is 0.473 e. The van der Waals surface area contributed by atoms with E-state index in [4.69, 9.17) is 19.8 Å². The van der Waals surface area contributed by atoms with Gasteiger partial charge in [0.15, 0.2) is 0 Å². The molecule has 7 heteroatoms. The van der Waals surface area contributed by atoms with Crippen molar-refractivity contribution >= 4 is 11.9 Å². The lowest BCUT2D eigenvalue weighted by Gasteiger charge is -2.44. The Balaban J connectivity index is 0.000000427. The molecular formula is C25H33N3O4. The number of piperidine rings is 1. The monoisotopic (exact) mass is 439 g/mol. The summed E-state index contributed by atoms with van der Waals surface area (Å²) in [6.07, 6.45) is 2.66. The van der Waals surface area contributed by atoms with Crippen LogP contribution >= 0.6 is 0 Å². The van der Waals surface area contributed by atoms with Crippen LogP contribution in [-0.2, 0) is 9.59 Å². The van der Waals surface area contributed by atoms with Crippen LogP contribution in [0.2, 0.25) is 0 Å². The lowest BCUT2D eigenvalue weighted by atomic mass is 9.96. The first kappa shape index (κ1) is 23.9. The average Bonchev–Trinajstić information content (AvgIpc) is 2.82. The Hall–Kier alpha value is -2.74. The molecule has 7 nitrogen and oxygen atoms in total. The third kappa shape index (κ3) is 6.63. The minimum Gasteiger partial charge on any atom is -0.473 e. The SMILES string of the molecule is CN1CCC(N2CCN(C(c3ccccc3)c3ccccc3)CC2)CC1.O=C(O)C(=O)O. The van der Waals surface area contributed by atoms with Crippen molar-refractivity contribution in [1.29, 1.82) is 0 Å². The molecule has 0 radical (unpaired) electrons. The molecule has 2 fully saturated rings. The number of nitrogens with zero attached hydrogens (tertiary/aromatic N) is 3. The van der Waals surface area contributed by atoms with E-state index in [1.165, 1.54) is 50.1 Å². The van der Waals surface area contributed by atoms with Gasteiger partial charge in [-0.3, -0.25) is 9.80 Å². The van der Waals surface area contributed by atoms with Gasteiger partial charge in [-0.15, -0.1) is 0 Å². The van der Waals surface area contributed by atoms with Crippen LogP contribution in [0.15, 0.2) is 60.7 Å². The molecular weight excluding hydrogens is 406 g/mol. The third-order valence-electron chi connectivity index (χ3n) is 6.33. The molecule has 0 unspecified atom stereocenters. The van der Waals surface area contributed by atoms with E-state index < -0.39 is 11.9 Å². The van der Waals surface area contributed by atoms with Crippen molar-refractivity contribution in [3.05, 3.63) is 71.8 Å². The zero-order valence-electron chi connectivity index (χ0n) is 18.6. The Kier molecular flexibility index (Phi) is 8.79. The predicted octanol–water partition coefficient (Wildman–Crippen LogP) is 2.64. The molecule has 2 aromatic rings. The molecule has 2 aliphatic heterocycles. The first-order valence-electron chi connectivity index (χ1n) is 11.2. The molecule has 2 N–H and O–H groups in total. The first-order valence-corrected chi connectivity index (χ1v) is 11.2. The minimum atomic E-state index is -1.82. The van der Waals surface area contributed by atoms with Gasteiger partial charge in [0.2, 0.25) is 0 Å². The lowest BCUT2D eigenvalue weighted by Crippen LogP contribution is -2.53. The maximum atomic E-state index is 9.10. The van der Waals surface area contributed by atoms with Crippen molar-refractivity contribution in [2.24, 2.45) is 0 Å². The fourth-order valence-corrected chi connectivity index (χ4v) is 4.61. The normalized spacial score (nSPS) is 18.7. The number of benzene rings is 2. The Labute approximate surface area is 189 Å². The van der Waals surface area contributed by atoms with Crippen LogP contribution in [0.25, 0.3) is 0 Å². The Morgan fingerprint density at radius 3 is 1.59 bits per heavy atom. The highest BCUT2D eigenvalue weighted by molar-refractivity contribution is 6.27. The maximum absolute atomic E-state index is 9.10. The van der Waals surface area contributed by atoms with Crippen molar-refractivity contribution in [1.82, 2.24) is 14.7 Å². The van der Waals surface area contributed by atoms with E-state index in [1.54, 1.807) is 0 Å². The molecule has 4 rings (SSSR count). The first-order chi connectivity index (χ1) is 15.5. The van der Waals surface area contributed by atoms with E-state index in [1.807, 2.05) is 0 Å². The highest BCUT2D eigenvalue weighted by Crippen LogP contribution is 2.30. The predicted molar refractivity (Wildman–Crippen MR) is 124 cm³/mol. The average molecular weight is 440 g/mol. The molecule has 32 heavy (non-hydrogen) atoms. The van der Waals surface area contributed by atoms with Crippen LogP contribution in [0.3, 0.4) is 0 Å². The fourth-order valence-electron chi connectivity index (χ4n) is 4.61. The van der Waals surface area contributed by atoms with Gasteiger partial charge in [0, 0.05) is 32.2 Å². The van der Waals surface area contributed by atoms with Crippen LogP contribution < -0.4 is 0 Å². The highest BCUT2D eigenvalue weighted by atomic mass is 16.4. The summed E-state index contributed by atoms with van der Waals surface area (Å²) in [4.78, 5) is 26.1. The van der Waals surface area contributed by atoms with E-state index >= 15 is 0 Å². The number of hydrogen-bond acceptors (Lipinski definition) is 5. The number of likely N-dealkylation sites (tertiary alicyclic amines) is 1. The second-order valence-corrected chi connectivity index (χ2v) is 8.44. The van der Waals surface area contributed by atoms with Gasteiger partial charge in [0.25, 0.3) is 0 Å². The number of piperazine rings is 1. The van der Waals surface area contributed by atoms with Crippen LogP contribution in [0.4, 0.5) is 0 Å². The summed E-state index contributed by atoms with van der Waals surface area (Å²) >= 11 is 0. The maximum Gasteiger partial charge on any atom is 0.414 e. The van der Waals surface area contributed by atoms with Gasteiger partial charge < -0.3 is 15.1 Å². The molecule has 2 aromatic carbocycles. The summed E-state index contributed by atoms with van der Waals surface area (Å²) in [5.41, 5.74) is 2.82. The van der Waals surface area contributed by atoms with Crippen molar-refractivity contribution in [2.75, 3.05) is 46.3 Å². The molecule has 2 heterocycles. The molecule has 0 aromatic heterocycles. The fraction of sp³-hybridized carbons (Fsp3) is 0.440. The Bertz CT molecular complexity index is 795. The molecule has 0 amide bonds. The number of rotatable bonds is 4. The van der Waals surface area contributed by atoms with Gasteiger partial charge in [-0.2, -0.15) is 0 Å². The Morgan fingerprint density at radius 2 is 1.19 bits per heavy atom. The van der Waals surface area contributed by atoms with E-state index in [0.717, 1.165) is 19.1 Å². The van der Waals surface area contributed by atoms with Gasteiger partial charge in [0.1, 0.15) is 0 Å². The molecule has 0 atom stereocenters. The summed E-state index contributed by atoms with van der Waals surface area (Å²) < 4.78 is 0. The number of carbonyl (C=O) groups is 2. The molecule has 2 aliphatic rings. The smallest absolute Gasteiger partial charge is 0.414 e. The van der Waals surface area contributed by atoms with Crippen LogP contribution in [-0.4, -0.2) is 89.2 Å². The number of carboxylic acid groups (broad SMARTS) is 2. The second-order valence-electron chi connectivity index (χ2n) is 8.44. The molecule has 0 saturated carbocycles. The van der Waals surface area contributed by atoms with Crippen LogP contribution in [0.5, 0.6) is 0 Å². The number of hydrogen-bond donors (Lipinski definition) is 2. The third-order valence-corrected chi connectivity index (χ3v) is 6.33. The zero-order chi connectivity index (χ0) is 22.9. The molecule has 172 valence electrons. The van der Waals surface area contributed by atoms with E-state index in [-0.39, 0.29) is 0 Å². The van der Waals surface area contributed by atoms with E-state index in [9.17, 15) is 0 Å². The lowest BCUT2D eigenvalue weighted by molar-refractivity contribution is -0.159. The summed E-state index contributed by atoms with van der Waals surface area (Å²) in [5.74, 6) is -3.65. The molecule has 0 aliphatic carbocycles. The number of carboxylic acids is 2. The van der Waals surface area contributed by atoms with Crippen molar-refractivity contribution in [3.8, 4) is 0 Å². The van der Waals surface area contributed by atoms with Gasteiger partial charge >= 0.3 is 11.9 Å². The van der Waals surface area contributed by atoms with Crippen molar-refractivity contribution in [3.63, 3.8) is 0 Å². The van der Waals surface area contributed by atoms with Crippen LogP contribution in [0, 0.1) is 0 Å². The van der Waals surface area contributed by atoms with Crippen molar-refractivity contribution in [2.45, 2.75) is 24.9 Å². The Morgan fingerprint density at radius 1 is 0.750 bits per heavy atom. The van der Waals surface area contributed by atoms with E-state index in [0.29, 0.717) is 6.04 Å². The zero-order valence-corrected chi connectivity index (χ0v) is 18.6. The minimum absolute atomic E-state index is 0.372. The second kappa shape index (κ2) is 11.8. The van der Waals surface area contributed by atoms with Crippen molar-refractivity contribution < 1.29 is 19.8 Å². The summed E-state index contributed by atoms with van der Waals surface area (Å²) in [7, 11) is 2.25. The van der Waals surface area contributed by atoms with Gasteiger partial charge in [0.05, 0.1) is 6.04 Å². The van der Waals surface area contributed by atoms with Crippen LogP contribution in [0.1, 0.15) is 30.0 Å². The highest BCUT2D eigenvalue weighted by Gasteiger charge is 2.30. The van der Waals surface area contributed by atoms with Gasteiger partial charge in [-0.1, -0.05) is 60.7 Å². The number of aliphatic carboxylic acids is 2. The summed E-state index contributed by atoms with van der Waals surface area (Å²) in [6.45, 7) is 7.21. The quantitative estimate of drug-likeness (QED) is 0.709. The summed E-state index contributed by atoms with van der Waals surface area (Å²) in [5, 5.41) is 14.8. The molecule has 2 saturated heterocycles. The molecule has 0 spiro atoms. The van der Waals surface area contributed by atoms with Gasteiger partial charge in [-0.05, 0) is 44.1 Å². The van der Waals surface area contributed by atoms with Gasteiger partial charge in [-0.25, -0.2) is 9.59 Å².